The Kier molecular flexibility index (Phi) is 4.92. The van der Waals surface area contributed by atoms with Crippen molar-refractivity contribution in [2.24, 2.45) is 0 Å². The fourth-order valence-corrected chi connectivity index (χ4v) is 2.57. The third-order valence-corrected chi connectivity index (χ3v) is 3.59. The highest BCUT2D eigenvalue weighted by molar-refractivity contribution is 6.30. The first kappa shape index (κ1) is 13.7. The fraction of sp³-hybridized carbons (Fsp3) is 0.538. The number of hydrogen-bond acceptors (Lipinski definition) is 2. The van der Waals surface area contributed by atoms with Crippen LogP contribution < -0.4 is 5.32 Å². The predicted octanol–water partition coefficient (Wildman–Crippen LogP) is 2.79. The van der Waals surface area contributed by atoms with E-state index >= 15 is 0 Å². The van der Waals surface area contributed by atoms with Gasteiger partial charge in [0.1, 0.15) is 5.82 Å². The molecule has 1 fully saturated rings. The van der Waals surface area contributed by atoms with Gasteiger partial charge in [-0.25, -0.2) is 4.39 Å². The molecular formula is C13H17ClF2N2. The second kappa shape index (κ2) is 6.45. The molecule has 0 spiro atoms. The summed E-state index contributed by atoms with van der Waals surface area (Å²) in [5, 5.41) is 3.37. The second-order valence-corrected chi connectivity index (χ2v) is 4.86. The minimum absolute atomic E-state index is 0.0183. The Hall–Kier alpha value is -0.710. The van der Waals surface area contributed by atoms with Gasteiger partial charge in [0.15, 0.2) is 0 Å². The van der Waals surface area contributed by atoms with E-state index in [9.17, 15) is 8.78 Å². The third-order valence-electron chi connectivity index (χ3n) is 3.30. The number of nitrogens with zero attached hydrogens (tertiary/aromatic N) is 1. The topological polar surface area (TPSA) is 15.3 Å². The van der Waals surface area contributed by atoms with Gasteiger partial charge in [0, 0.05) is 32.2 Å². The largest absolute Gasteiger partial charge is 0.314 e. The molecule has 0 aromatic heterocycles. The molecule has 2 rings (SSSR count). The summed E-state index contributed by atoms with van der Waals surface area (Å²) in [7, 11) is 0. The Bertz CT molecular complexity index is 395. The van der Waals surface area contributed by atoms with E-state index in [1.165, 1.54) is 6.07 Å². The summed E-state index contributed by atoms with van der Waals surface area (Å²) in [4.78, 5) is 2.22. The van der Waals surface area contributed by atoms with E-state index in [4.69, 9.17) is 11.6 Å². The molecule has 2 nitrogen and oxygen atoms in total. The summed E-state index contributed by atoms with van der Waals surface area (Å²) in [5.41, 5.74) is 0.890. The maximum absolute atomic E-state index is 13.2. The van der Waals surface area contributed by atoms with E-state index in [1.807, 2.05) is 0 Å². The second-order valence-electron chi connectivity index (χ2n) is 4.45. The lowest BCUT2D eigenvalue weighted by Gasteiger charge is -2.35. The lowest BCUT2D eigenvalue weighted by molar-refractivity contribution is 0.157. The SMILES string of the molecule is FCC[C@@H](c1ccc(F)c(Cl)c1)N1CCNCC1. The smallest absolute Gasteiger partial charge is 0.141 e. The van der Waals surface area contributed by atoms with Crippen molar-refractivity contribution >= 4 is 11.6 Å². The van der Waals surface area contributed by atoms with Crippen molar-refractivity contribution in [1.29, 1.82) is 0 Å². The number of hydrogen-bond donors (Lipinski definition) is 1. The van der Waals surface area contributed by atoms with Crippen LogP contribution in [0.5, 0.6) is 0 Å². The van der Waals surface area contributed by atoms with Crippen molar-refractivity contribution in [3.05, 3.63) is 34.6 Å². The highest BCUT2D eigenvalue weighted by Crippen LogP contribution is 2.28. The van der Waals surface area contributed by atoms with Crippen molar-refractivity contribution in [3.63, 3.8) is 0 Å². The van der Waals surface area contributed by atoms with Crippen LogP contribution >= 0.6 is 11.6 Å². The Morgan fingerprint density at radius 3 is 2.67 bits per heavy atom. The molecule has 0 aliphatic carbocycles. The molecule has 100 valence electrons. The van der Waals surface area contributed by atoms with Crippen molar-refractivity contribution < 1.29 is 8.78 Å². The number of rotatable bonds is 4. The van der Waals surface area contributed by atoms with Crippen LogP contribution in [0.15, 0.2) is 18.2 Å². The lowest BCUT2D eigenvalue weighted by atomic mass is 10.0. The molecule has 0 bridgehead atoms. The number of alkyl halides is 1. The molecule has 1 aliphatic heterocycles. The molecule has 1 heterocycles. The van der Waals surface area contributed by atoms with Crippen LogP contribution in [0.2, 0.25) is 5.02 Å². The van der Waals surface area contributed by atoms with Crippen molar-refractivity contribution in [1.82, 2.24) is 10.2 Å². The van der Waals surface area contributed by atoms with E-state index in [2.05, 4.69) is 10.2 Å². The fourth-order valence-electron chi connectivity index (χ4n) is 2.38. The Morgan fingerprint density at radius 1 is 1.33 bits per heavy atom. The van der Waals surface area contributed by atoms with Crippen LogP contribution in [0.25, 0.3) is 0 Å². The van der Waals surface area contributed by atoms with Crippen molar-refractivity contribution in [2.75, 3.05) is 32.9 Å². The van der Waals surface area contributed by atoms with Gasteiger partial charge in [0.25, 0.3) is 0 Å². The zero-order valence-electron chi connectivity index (χ0n) is 10.1. The van der Waals surface area contributed by atoms with Gasteiger partial charge in [0.2, 0.25) is 0 Å². The molecule has 1 aromatic carbocycles. The highest BCUT2D eigenvalue weighted by atomic mass is 35.5. The first-order valence-electron chi connectivity index (χ1n) is 6.18. The Labute approximate surface area is 111 Å². The summed E-state index contributed by atoms with van der Waals surface area (Å²) in [6.07, 6.45) is 0.419. The number of benzene rings is 1. The molecule has 1 aliphatic rings. The van der Waals surface area contributed by atoms with Crippen LogP contribution in [0.1, 0.15) is 18.0 Å². The molecule has 5 heteroatoms. The molecule has 0 unspecified atom stereocenters. The van der Waals surface area contributed by atoms with E-state index in [0.717, 1.165) is 31.7 Å². The molecule has 0 radical (unpaired) electrons. The van der Waals surface area contributed by atoms with Gasteiger partial charge in [-0.3, -0.25) is 9.29 Å². The van der Waals surface area contributed by atoms with Gasteiger partial charge < -0.3 is 5.32 Å². The Morgan fingerprint density at radius 2 is 2.06 bits per heavy atom. The maximum atomic E-state index is 13.2. The highest BCUT2D eigenvalue weighted by Gasteiger charge is 2.22. The molecule has 1 N–H and O–H groups in total. The van der Waals surface area contributed by atoms with Crippen molar-refractivity contribution in [3.8, 4) is 0 Å². The summed E-state index contributed by atoms with van der Waals surface area (Å²) in [6, 6.07) is 4.64. The standard InChI is InChI=1S/C13H17ClF2N2/c14-11-9-10(1-2-12(11)16)13(3-4-15)18-7-5-17-6-8-18/h1-2,9,13,17H,3-8H2/t13-/m0/s1. The molecule has 1 atom stereocenters. The number of halogens is 3. The number of nitrogens with one attached hydrogen (secondary N) is 1. The minimum atomic E-state index is -0.431. The molecule has 1 saturated heterocycles. The summed E-state index contributed by atoms with van der Waals surface area (Å²) in [5.74, 6) is -0.431. The lowest BCUT2D eigenvalue weighted by Crippen LogP contribution is -2.45. The molecule has 0 amide bonds. The quantitative estimate of drug-likeness (QED) is 0.908. The average molecular weight is 275 g/mol. The first-order chi connectivity index (χ1) is 8.72. The van der Waals surface area contributed by atoms with Gasteiger partial charge in [-0.05, 0) is 24.1 Å². The summed E-state index contributed by atoms with van der Waals surface area (Å²) in [6.45, 7) is 3.17. The maximum Gasteiger partial charge on any atom is 0.141 e. The van der Waals surface area contributed by atoms with Crippen LogP contribution in [-0.2, 0) is 0 Å². The van der Waals surface area contributed by atoms with Crippen LogP contribution in [-0.4, -0.2) is 37.8 Å². The molecular weight excluding hydrogens is 258 g/mol. The van der Waals surface area contributed by atoms with Crippen LogP contribution in [0, 0.1) is 5.82 Å². The van der Waals surface area contributed by atoms with Gasteiger partial charge >= 0.3 is 0 Å². The minimum Gasteiger partial charge on any atom is -0.314 e. The summed E-state index contributed by atoms with van der Waals surface area (Å²) >= 11 is 5.80. The van der Waals surface area contributed by atoms with Crippen LogP contribution in [0.4, 0.5) is 8.78 Å². The predicted molar refractivity (Wildman–Crippen MR) is 69.2 cm³/mol. The van der Waals surface area contributed by atoms with Gasteiger partial charge in [-0.2, -0.15) is 0 Å². The van der Waals surface area contributed by atoms with Gasteiger partial charge in [-0.15, -0.1) is 0 Å². The molecule has 18 heavy (non-hydrogen) atoms. The molecule has 0 saturated carbocycles. The van der Waals surface area contributed by atoms with Crippen molar-refractivity contribution in [2.45, 2.75) is 12.5 Å². The monoisotopic (exact) mass is 274 g/mol. The zero-order valence-corrected chi connectivity index (χ0v) is 10.9. The normalized spacial score (nSPS) is 18.8. The first-order valence-corrected chi connectivity index (χ1v) is 6.56. The van der Waals surface area contributed by atoms with Gasteiger partial charge in [0.05, 0.1) is 11.7 Å². The van der Waals surface area contributed by atoms with Gasteiger partial charge in [-0.1, -0.05) is 17.7 Å². The van der Waals surface area contributed by atoms with Crippen LogP contribution in [0.3, 0.4) is 0 Å². The number of piperazine rings is 1. The van der Waals surface area contributed by atoms with E-state index in [-0.39, 0.29) is 17.7 Å². The van der Waals surface area contributed by atoms with E-state index < -0.39 is 5.82 Å². The molecule has 1 aromatic rings. The van der Waals surface area contributed by atoms with E-state index in [1.54, 1.807) is 12.1 Å². The summed E-state index contributed by atoms with van der Waals surface area (Å²) < 4.78 is 25.9. The van der Waals surface area contributed by atoms with E-state index in [0.29, 0.717) is 6.42 Å². The average Bonchev–Trinajstić information content (AvgIpc) is 2.40. The zero-order chi connectivity index (χ0) is 13.0. The third kappa shape index (κ3) is 3.19. The Balaban J connectivity index is 2.19.